The number of hydrogen-bond acceptors (Lipinski definition) is 4. The highest BCUT2D eigenvalue weighted by molar-refractivity contribution is 7.23. The van der Waals surface area contributed by atoms with Crippen molar-refractivity contribution in [1.82, 2.24) is 0 Å². The molecule has 1 heterocycles. The van der Waals surface area contributed by atoms with Gasteiger partial charge in [-0.2, -0.15) is 0 Å². The molecule has 0 aromatic rings. The Balaban J connectivity index is 2.70. The van der Waals surface area contributed by atoms with E-state index < -0.39 is 8.32 Å². The summed E-state index contributed by atoms with van der Waals surface area (Å²) in [6.07, 6.45) is 0.0560. The van der Waals surface area contributed by atoms with Gasteiger partial charge in [0.15, 0.2) is 10.8 Å². The Morgan fingerprint density at radius 3 is 2.36 bits per heavy atom. The standard InChI is InChI=1S/C9H14O4Si/c1-4-14(7(2)10,8(3)11)13-6-9-5-12-9/h4,9H,1,5-6H2,2-3H3. The van der Waals surface area contributed by atoms with E-state index in [1.54, 1.807) is 0 Å². The molecule has 0 spiro atoms. The molecule has 0 aromatic heterocycles. The van der Waals surface area contributed by atoms with Gasteiger partial charge in [-0.15, -0.1) is 6.58 Å². The second kappa shape index (κ2) is 4.16. The molecule has 1 aliphatic rings. The molecule has 0 aliphatic carbocycles. The average Bonchev–Trinajstić information content (AvgIpc) is 2.88. The van der Waals surface area contributed by atoms with Crippen LogP contribution < -0.4 is 0 Å². The molecule has 0 N–H and O–H groups in total. The molecule has 1 rings (SSSR count). The zero-order valence-corrected chi connectivity index (χ0v) is 9.41. The highest BCUT2D eigenvalue weighted by Gasteiger charge is 2.45. The lowest BCUT2D eigenvalue weighted by Crippen LogP contribution is -2.52. The third-order valence-corrected chi connectivity index (χ3v) is 5.52. The van der Waals surface area contributed by atoms with Crippen LogP contribution in [0.2, 0.25) is 0 Å². The summed E-state index contributed by atoms with van der Waals surface area (Å²) in [5, 5.41) is -0.415. The molecule has 0 saturated carbocycles. The van der Waals surface area contributed by atoms with Gasteiger partial charge in [-0.3, -0.25) is 0 Å². The lowest BCUT2D eigenvalue weighted by molar-refractivity contribution is -0.116. The Bertz CT molecular complexity index is 256. The minimum absolute atomic E-state index is 0.0560. The SMILES string of the molecule is C=C[Si](OCC1CO1)(C(C)=O)C(C)=O. The fraction of sp³-hybridized carbons (Fsp3) is 0.556. The van der Waals surface area contributed by atoms with Crippen LogP contribution in [-0.4, -0.2) is 38.4 Å². The largest absolute Gasteiger partial charge is 0.399 e. The smallest absolute Gasteiger partial charge is 0.357 e. The van der Waals surface area contributed by atoms with Gasteiger partial charge < -0.3 is 18.8 Å². The number of epoxide rings is 1. The van der Waals surface area contributed by atoms with Gasteiger partial charge in [-0.1, -0.05) is 5.70 Å². The molecule has 1 aliphatic heterocycles. The Labute approximate surface area is 84.0 Å². The van der Waals surface area contributed by atoms with Gasteiger partial charge in [-0.05, 0) is 13.8 Å². The fourth-order valence-electron chi connectivity index (χ4n) is 1.19. The van der Waals surface area contributed by atoms with Gasteiger partial charge in [-0.25, -0.2) is 0 Å². The molecule has 1 unspecified atom stereocenters. The van der Waals surface area contributed by atoms with Gasteiger partial charge in [0.2, 0.25) is 0 Å². The topological polar surface area (TPSA) is 55.9 Å². The first-order valence-corrected chi connectivity index (χ1v) is 6.42. The van der Waals surface area contributed by atoms with Crippen LogP contribution in [0.4, 0.5) is 0 Å². The molecule has 0 bridgehead atoms. The highest BCUT2D eigenvalue weighted by Crippen LogP contribution is 2.15. The van der Waals surface area contributed by atoms with E-state index in [0.29, 0.717) is 13.2 Å². The lowest BCUT2D eigenvalue weighted by Gasteiger charge is -2.21. The van der Waals surface area contributed by atoms with Gasteiger partial charge in [0.25, 0.3) is 0 Å². The summed E-state index contributed by atoms with van der Waals surface area (Å²) in [6.45, 7) is 7.25. The molecular weight excluding hydrogens is 200 g/mol. The normalized spacial score (nSPS) is 20.3. The number of ether oxygens (including phenoxy) is 1. The molecule has 1 atom stereocenters. The Hall–Kier alpha value is -0.783. The average molecular weight is 214 g/mol. The van der Waals surface area contributed by atoms with E-state index in [1.807, 2.05) is 0 Å². The van der Waals surface area contributed by atoms with E-state index in [9.17, 15) is 9.59 Å². The summed E-state index contributed by atoms with van der Waals surface area (Å²) < 4.78 is 10.4. The van der Waals surface area contributed by atoms with Crippen molar-refractivity contribution in [2.45, 2.75) is 20.0 Å². The summed E-state index contributed by atoms with van der Waals surface area (Å²) in [4.78, 5) is 22.8. The molecular formula is C9H14O4Si. The predicted molar refractivity (Wildman–Crippen MR) is 53.0 cm³/mol. The molecule has 0 radical (unpaired) electrons. The van der Waals surface area contributed by atoms with Crippen LogP contribution >= 0.6 is 0 Å². The minimum Gasteiger partial charge on any atom is -0.399 e. The van der Waals surface area contributed by atoms with Crippen molar-refractivity contribution < 1.29 is 18.8 Å². The van der Waals surface area contributed by atoms with Gasteiger partial charge in [0.05, 0.1) is 13.2 Å². The number of hydrogen-bond donors (Lipinski definition) is 0. The van der Waals surface area contributed by atoms with Crippen LogP contribution in [0.3, 0.4) is 0 Å². The van der Waals surface area contributed by atoms with E-state index in [0.717, 1.165) is 0 Å². The summed E-state index contributed by atoms with van der Waals surface area (Å²) in [5.41, 5.74) is 1.39. The molecule has 14 heavy (non-hydrogen) atoms. The van der Waals surface area contributed by atoms with Crippen LogP contribution in [0.25, 0.3) is 0 Å². The van der Waals surface area contributed by atoms with E-state index in [1.165, 1.54) is 19.5 Å². The van der Waals surface area contributed by atoms with Gasteiger partial charge in [0, 0.05) is 0 Å². The van der Waals surface area contributed by atoms with E-state index in [2.05, 4.69) is 6.58 Å². The van der Waals surface area contributed by atoms with Crippen LogP contribution in [0.5, 0.6) is 0 Å². The molecule has 1 fully saturated rings. The maximum absolute atomic E-state index is 11.4. The molecule has 1 saturated heterocycles. The van der Waals surface area contributed by atoms with Crippen molar-refractivity contribution in [2.24, 2.45) is 0 Å². The maximum Gasteiger partial charge on any atom is 0.357 e. The Morgan fingerprint density at radius 2 is 2.07 bits per heavy atom. The Morgan fingerprint density at radius 1 is 1.57 bits per heavy atom. The van der Waals surface area contributed by atoms with Crippen LogP contribution in [0.15, 0.2) is 12.3 Å². The van der Waals surface area contributed by atoms with Crippen molar-refractivity contribution in [3.05, 3.63) is 12.3 Å². The van der Waals surface area contributed by atoms with E-state index in [4.69, 9.17) is 9.16 Å². The monoisotopic (exact) mass is 214 g/mol. The number of carbonyl (C=O) groups is 2. The number of rotatable bonds is 6. The first kappa shape index (κ1) is 11.3. The van der Waals surface area contributed by atoms with Crippen molar-refractivity contribution in [1.29, 1.82) is 0 Å². The van der Waals surface area contributed by atoms with Crippen molar-refractivity contribution >= 4 is 19.1 Å². The zero-order chi connectivity index (χ0) is 10.8. The summed E-state index contributed by atoms with van der Waals surface area (Å²) in [5.74, 6) is 0. The maximum atomic E-state index is 11.4. The first-order valence-electron chi connectivity index (χ1n) is 4.44. The van der Waals surface area contributed by atoms with Crippen molar-refractivity contribution in [3.8, 4) is 0 Å². The first-order chi connectivity index (χ1) is 6.53. The van der Waals surface area contributed by atoms with Crippen LogP contribution in [0, 0.1) is 0 Å². The summed E-state index contributed by atoms with van der Waals surface area (Å²) in [6, 6.07) is 0. The highest BCUT2D eigenvalue weighted by atomic mass is 28.4. The predicted octanol–water partition coefficient (Wildman–Crippen LogP) is 0.329. The molecule has 5 heteroatoms. The fourth-order valence-corrected chi connectivity index (χ4v) is 3.23. The molecule has 0 aromatic carbocycles. The summed E-state index contributed by atoms with van der Waals surface area (Å²) in [7, 11) is -3.04. The third-order valence-electron chi connectivity index (χ3n) is 2.23. The van der Waals surface area contributed by atoms with E-state index >= 15 is 0 Å². The minimum atomic E-state index is -3.04. The van der Waals surface area contributed by atoms with Crippen LogP contribution in [0.1, 0.15) is 13.8 Å². The quantitative estimate of drug-likeness (QED) is 0.472. The van der Waals surface area contributed by atoms with E-state index in [-0.39, 0.29) is 16.9 Å². The van der Waals surface area contributed by atoms with Gasteiger partial charge >= 0.3 is 8.32 Å². The molecule has 0 amide bonds. The van der Waals surface area contributed by atoms with Crippen LogP contribution in [-0.2, 0) is 18.8 Å². The zero-order valence-electron chi connectivity index (χ0n) is 8.41. The molecule has 78 valence electrons. The summed E-state index contributed by atoms with van der Waals surface area (Å²) >= 11 is 0. The number of carbonyl (C=O) groups excluding carboxylic acids is 2. The van der Waals surface area contributed by atoms with Crippen molar-refractivity contribution in [2.75, 3.05) is 13.2 Å². The van der Waals surface area contributed by atoms with Crippen molar-refractivity contribution in [3.63, 3.8) is 0 Å². The second-order valence-electron chi connectivity index (χ2n) is 3.32. The Kier molecular flexibility index (Phi) is 3.36. The third kappa shape index (κ3) is 2.17. The van der Waals surface area contributed by atoms with Gasteiger partial charge in [0.1, 0.15) is 6.10 Å². The lowest BCUT2D eigenvalue weighted by atomic mass is 10.5. The second-order valence-corrected chi connectivity index (χ2v) is 6.89. The molecule has 4 nitrogen and oxygen atoms in total.